The van der Waals surface area contributed by atoms with Crippen LogP contribution in [0.5, 0.6) is 0 Å². The molecule has 7 nitrogen and oxygen atoms in total. The minimum absolute atomic E-state index is 0.0817. The number of para-hydroxylation sites is 2. The fourth-order valence-electron chi connectivity index (χ4n) is 2.38. The lowest BCUT2D eigenvalue weighted by Gasteiger charge is -2.13. The number of benzene rings is 2. The van der Waals surface area contributed by atoms with Crippen LogP contribution < -0.4 is 5.32 Å². The van der Waals surface area contributed by atoms with Gasteiger partial charge in [-0.3, -0.25) is 0 Å². The number of fused-ring (bicyclic) bond motifs is 1. The number of nitrogens with one attached hydrogen (secondary N) is 1. The van der Waals surface area contributed by atoms with Crippen molar-refractivity contribution in [2.75, 3.05) is 11.9 Å². The molecule has 27 heavy (non-hydrogen) atoms. The van der Waals surface area contributed by atoms with E-state index in [2.05, 4.69) is 15.3 Å². The lowest BCUT2D eigenvalue weighted by molar-refractivity contribution is 0.0520. The highest BCUT2D eigenvalue weighted by Gasteiger charge is 2.21. The third kappa shape index (κ3) is 3.66. The molecule has 1 heterocycles. The van der Waals surface area contributed by atoms with Crippen molar-refractivity contribution in [1.29, 1.82) is 0 Å². The van der Waals surface area contributed by atoms with Crippen molar-refractivity contribution >= 4 is 34.5 Å². The van der Waals surface area contributed by atoms with Gasteiger partial charge >= 0.3 is 11.9 Å². The van der Waals surface area contributed by atoms with Crippen molar-refractivity contribution < 1.29 is 28.2 Å². The van der Waals surface area contributed by atoms with Crippen LogP contribution in [0.2, 0.25) is 0 Å². The normalized spacial score (nSPS) is 10.6. The second-order valence-corrected chi connectivity index (χ2v) is 5.37. The molecule has 2 N–H and O–H groups in total. The topological polar surface area (TPSA) is 101 Å². The molecule has 0 unspecified atom stereocenters. The number of anilines is 2. The van der Waals surface area contributed by atoms with Gasteiger partial charge in [0.05, 0.1) is 28.9 Å². The van der Waals surface area contributed by atoms with Crippen LogP contribution in [-0.4, -0.2) is 33.6 Å². The SMILES string of the molecule is CCOC(=O)c1nc2ccccc2nc1Nc1cc(F)c(F)cc1C(=O)O. The third-order valence-corrected chi connectivity index (χ3v) is 3.58. The molecular weight excluding hydrogens is 360 g/mol. The Hall–Kier alpha value is -3.62. The molecule has 0 aliphatic carbocycles. The monoisotopic (exact) mass is 373 g/mol. The molecule has 2 aromatic carbocycles. The minimum Gasteiger partial charge on any atom is -0.478 e. The molecular formula is C18H13F2N3O4. The van der Waals surface area contributed by atoms with Crippen LogP contribution in [0.1, 0.15) is 27.8 Å². The van der Waals surface area contributed by atoms with E-state index in [4.69, 9.17) is 4.74 Å². The lowest BCUT2D eigenvalue weighted by atomic mass is 10.1. The van der Waals surface area contributed by atoms with Gasteiger partial charge in [-0.05, 0) is 25.1 Å². The van der Waals surface area contributed by atoms with E-state index in [1.165, 1.54) is 0 Å². The average molecular weight is 373 g/mol. The van der Waals surface area contributed by atoms with Gasteiger partial charge in [0.2, 0.25) is 0 Å². The molecule has 0 spiro atoms. The summed E-state index contributed by atoms with van der Waals surface area (Å²) in [6.07, 6.45) is 0. The highest BCUT2D eigenvalue weighted by molar-refractivity contribution is 5.99. The molecule has 0 saturated carbocycles. The zero-order chi connectivity index (χ0) is 19.6. The largest absolute Gasteiger partial charge is 0.478 e. The van der Waals surface area contributed by atoms with Crippen molar-refractivity contribution in [3.05, 3.63) is 59.3 Å². The van der Waals surface area contributed by atoms with Crippen LogP contribution in [0.25, 0.3) is 11.0 Å². The van der Waals surface area contributed by atoms with Crippen molar-refractivity contribution in [1.82, 2.24) is 9.97 Å². The number of carboxylic acids is 1. The molecule has 9 heteroatoms. The van der Waals surface area contributed by atoms with E-state index in [1.807, 2.05) is 0 Å². The zero-order valence-electron chi connectivity index (χ0n) is 14.0. The van der Waals surface area contributed by atoms with Crippen molar-refractivity contribution in [2.24, 2.45) is 0 Å². The predicted octanol–water partition coefficient (Wildman–Crippen LogP) is 3.53. The van der Waals surface area contributed by atoms with Crippen LogP contribution in [0, 0.1) is 11.6 Å². The second-order valence-electron chi connectivity index (χ2n) is 5.37. The average Bonchev–Trinajstić information content (AvgIpc) is 2.64. The molecule has 0 bridgehead atoms. The van der Waals surface area contributed by atoms with E-state index in [0.717, 1.165) is 0 Å². The molecule has 0 fully saturated rings. The Labute approximate surface area is 151 Å². The number of hydrogen-bond acceptors (Lipinski definition) is 6. The third-order valence-electron chi connectivity index (χ3n) is 3.58. The quantitative estimate of drug-likeness (QED) is 0.660. The number of carbonyl (C=O) groups excluding carboxylic acids is 1. The van der Waals surface area contributed by atoms with E-state index in [9.17, 15) is 23.5 Å². The number of aromatic carboxylic acids is 1. The van der Waals surface area contributed by atoms with Gasteiger partial charge in [-0.2, -0.15) is 0 Å². The number of ether oxygens (including phenoxy) is 1. The van der Waals surface area contributed by atoms with E-state index in [0.29, 0.717) is 23.2 Å². The first-order valence-electron chi connectivity index (χ1n) is 7.84. The molecule has 3 aromatic rings. The molecule has 0 aliphatic rings. The van der Waals surface area contributed by atoms with Crippen molar-refractivity contribution in [3.63, 3.8) is 0 Å². The summed E-state index contributed by atoms with van der Waals surface area (Å²) in [5.41, 5.74) is -0.200. The Morgan fingerprint density at radius 3 is 2.37 bits per heavy atom. The van der Waals surface area contributed by atoms with Gasteiger partial charge in [0.25, 0.3) is 0 Å². The second kappa shape index (κ2) is 7.32. The number of nitrogens with zero attached hydrogens (tertiary/aromatic N) is 2. The first-order chi connectivity index (χ1) is 12.9. The van der Waals surface area contributed by atoms with Crippen LogP contribution in [0.3, 0.4) is 0 Å². The number of halogens is 2. The molecule has 0 saturated heterocycles. The summed E-state index contributed by atoms with van der Waals surface area (Å²) in [7, 11) is 0. The van der Waals surface area contributed by atoms with Crippen LogP contribution in [0.4, 0.5) is 20.3 Å². The number of rotatable bonds is 5. The number of esters is 1. The fourth-order valence-corrected chi connectivity index (χ4v) is 2.38. The maximum absolute atomic E-state index is 13.6. The molecule has 1 aromatic heterocycles. The summed E-state index contributed by atoms with van der Waals surface area (Å²) in [6, 6.07) is 7.88. The molecule has 0 atom stereocenters. The van der Waals surface area contributed by atoms with E-state index in [-0.39, 0.29) is 23.8 Å². The zero-order valence-corrected chi connectivity index (χ0v) is 14.0. The van der Waals surface area contributed by atoms with Crippen molar-refractivity contribution in [2.45, 2.75) is 6.92 Å². The number of hydrogen-bond donors (Lipinski definition) is 2. The van der Waals surface area contributed by atoms with E-state index in [1.54, 1.807) is 31.2 Å². The summed E-state index contributed by atoms with van der Waals surface area (Å²) < 4.78 is 32.0. The highest BCUT2D eigenvalue weighted by atomic mass is 19.2. The smallest absolute Gasteiger partial charge is 0.360 e. The van der Waals surface area contributed by atoms with E-state index >= 15 is 0 Å². The summed E-state index contributed by atoms with van der Waals surface area (Å²) >= 11 is 0. The minimum atomic E-state index is -1.48. The van der Waals surface area contributed by atoms with Gasteiger partial charge in [-0.25, -0.2) is 28.3 Å². The summed E-state index contributed by atoms with van der Waals surface area (Å²) in [5.74, 6) is -4.98. The van der Waals surface area contributed by atoms with Gasteiger partial charge in [0, 0.05) is 6.07 Å². The molecule has 138 valence electrons. The Morgan fingerprint density at radius 1 is 1.11 bits per heavy atom. The Bertz CT molecular complexity index is 1060. The van der Waals surface area contributed by atoms with Gasteiger partial charge in [-0.1, -0.05) is 12.1 Å². The van der Waals surface area contributed by atoms with Gasteiger partial charge in [-0.15, -0.1) is 0 Å². The predicted molar refractivity (Wildman–Crippen MR) is 92.1 cm³/mol. The number of carboxylic acid groups (broad SMARTS) is 1. The van der Waals surface area contributed by atoms with E-state index < -0.39 is 29.1 Å². The Balaban J connectivity index is 2.16. The molecule has 3 rings (SSSR count). The first-order valence-corrected chi connectivity index (χ1v) is 7.84. The first kappa shape index (κ1) is 18.2. The van der Waals surface area contributed by atoms with Crippen molar-refractivity contribution in [3.8, 4) is 0 Å². The van der Waals surface area contributed by atoms with Crippen LogP contribution >= 0.6 is 0 Å². The number of aromatic nitrogens is 2. The van der Waals surface area contributed by atoms with Crippen LogP contribution in [0.15, 0.2) is 36.4 Å². The highest BCUT2D eigenvalue weighted by Crippen LogP contribution is 2.26. The standard InChI is InChI=1S/C18H13F2N3O4/c1-2-27-18(26)15-16(22-13-6-4-3-5-12(13)21-15)23-14-8-11(20)10(19)7-9(14)17(24)25/h3-8H,2H2,1H3,(H,22,23)(H,24,25). The molecule has 0 radical (unpaired) electrons. The lowest BCUT2D eigenvalue weighted by Crippen LogP contribution is -2.13. The van der Waals surface area contributed by atoms with Gasteiger partial charge in [0.1, 0.15) is 0 Å². The molecule has 0 aliphatic heterocycles. The maximum atomic E-state index is 13.6. The fraction of sp³-hybridized carbons (Fsp3) is 0.111. The summed E-state index contributed by atoms with van der Waals surface area (Å²) in [6.45, 7) is 1.69. The summed E-state index contributed by atoms with van der Waals surface area (Å²) in [4.78, 5) is 32.0. The Kier molecular flexibility index (Phi) is 4.93. The summed E-state index contributed by atoms with van der Waals surface area (Å²) in [5, 5.41) is 11.8. The number of carbonyl (C=O) groups is 2. The molecule has 0 amide bonds. The van der Waals surface area contributed by atoms with Crippen LogP contribution in [-0.2, 0) is 4.74 Å². The Morgan fingerprint density at radius 2 is 1.74 bits per heavy atom. The van der Waals surface area contributed by atoms with Gasteiger partial charge in [0.15, 0.2) is 23.1 Å². The van der Waals surface area contributed by atoms with Gasteiger partial charge < -0.3 is 15.2 Å². The maximum Gasteiger partial charge on any atom is 0.360 e.